The van der Waals surface area contributed by atoms with E-state index in [0.29, 0.717) is 22.7 Å². The van der Waals surface area contributed by atoms with Gasteiger partial charge >= 0.3 is 11.9 Å². The number of carbonyl (C=O) groups is 3. The minimum Gasteiger partial charge on any atom is -0.465 e. The topological polar surface area (TPSA) is 81.7 Å². The number of amides is 1. The summed E-state index contributed by atoms with van der Waals surface area (Å²) in [5.41, 5.74) is 2.94. The third-order valence-electron chi connectivity index (χ3n) is 4.25. The Morgan fingerprint density at radius 1 is 0.931 bits per heavy atom. The lowest BCUT2D eigenvalue weighted by Crippen LogP contribution is -2.29. The number of anilines is 1. The lowest BCUT2D eigenvalue weighted by atomic mass is 10.0. The zero-order valence-corrected chi connectivity index (χ0v) is 17.0. The smallest absolute Gasteiger partial charge is 0.337 e. The number of hydrogen-bond acceptors (Lipinski definition) is 5. The van der Waals surface area contributed by atoms with Crippen LogP contribution in [0.2, 0.25) is 0 Å². The van der Waals surface area contributed by atoms with Crippen LogP contribution in [-0.4, -0.2) is 31.1 Å². The van der Waals surface area contributed by atoms with Gasteiger partial charge in [0.1, 0.15) is 0 Å². The maximum absolute atomic E-state index is 12.2. The van der Waals surface area contributed by atoms with Crippen LogP contribution in [0.4, 0.5) is 5.69 Å². The maximum atomic E-state index is 12.2. The fourth-order valence-electron chi connectivity index (χ4n) is 2.47. The van der Waals surface area contributed by atoms with Crippen LogP contribution in [0.1, 0.15) is 48.2 Å². The van der Waals surface area contributed by atoms with Gasteiger partial charge < -0.3 is 14.8 Å². The van der Waals surface area contributed by atoms with Gasteiger partial charge in [-0.1, -0.05) is 38.1 Å². The van der Waals surface area contributed by atoms with E-state index in [1.807, 2.05) is 24.3 Å². The molecule has 0 heterocycles. The lowest BCUT2D eigenvalue weighted by molar-refractivity contribution is -0.148. The predicted molar refractivity (Wildman–Crippen MR) is 112 cm³/mol. The van der Waals surface area contributed by atoms with Crippen molar-refractivity contribution < 1.29 is 23.9 Å². The van der Waals surface area contributed by atoms with Crippen molar-refractivity contribution in [3.63, 3.8) is 0 Å². The van der Waals surface area contributed by atoms with Crippen LogP contribution in [0, 0.1) is 0 Å². The Hall–Kier alpha value is -3.41. The molecule has 1 amide bonds. The second-order valence-corrected chi connectivity index (χ2v) is 6.79. The molecule has 0 bridgehead atoms. The quantitative estimate of drug-likeness (QED) is 0.562. The van der Waals surface area contributed by atoms with Gasteiger partial charge in [-0.15, -0.1) is 0 Å². The number of benzene rings is 2. The molecule has 2 aromatic rings. The van der Waals surface area contributed by atoms with Gasteiger partial charge in [0.25, 0.3) is 5.91 Å². The summed E-state index contributed by atoms with van der Waals surface area (Å²) in [4.78, 5) is 35.6. The second kappa shape index (κ2) is 10.2. The van der Waals surface area contributed by atoms with Crippen molar-refractivity contribution in [1.29, 1.82) is 0 Å². The molecular weight excluding hydrogens is 370 g/mol. The van der Waals surface area contributed by atoms with E-state index >= 15 is 0 Å². The number of hydrogen-bond donors (Lipinski definition) is 1. The molecule has 0 spiro atoms. The average molecular weight is 395 g/mol. The Morgan fingerprint density at radius 3 is 2.10 bits per heavy atom. The maximum Gasteiger partial charge on any atom is 0.337 e. The van der Waals surface area contributed by atoms with Gasteiger partial charge in [0.15, 0.2) is 6.10 Å². The first kappa shape index (κ1) is 21.9. The summed E-state index contributed by atoms with van der Waals surface area (Å²) in [7, 11) is 1.31. The Balaban J connectivity index is 1.88. The van der Waals surface area contributed by atoms with Crippen molar-refractivity contribution in [3.05, 3.63) is 71.3 Å². The van der Waals surface area contributed by atoms with Gasteiger partial charge in [0, 0.05) is 11.8 Å². The predicted octanol–water partition coefficient (Wildman–Crippen LogP) is 4.18. The van der Waals surface area contributed by atoms with Gasteiger partial charge in [-0.05, 0) is 54.3 Å². The van der Waals surface area contributed by atoms with Crippen molar-refractivity contribution in [3.8, 4) is 0 Å². The molecule has 1 unspecified atom stereocenters. The number of esters is 2. The van der Waals surface area contributed by atoms with Crippen LogP contribution < -0.4 is 5.32 Å². The molecule has 152 valence electrons. The molecule has 0 aliphatic rings. The summed E-state index contributed by atoms with van der Waals surface area (Å²) >= 11 is 0. The van der Waals surface area contributed by atoms with E-state index in [1.165, 1.54) is 25.7 Å². The van der Waals surface area contributed by atoms with E-state index in [-0.39, 0.29) is 0 Å². The summed E-state index contributed by atoms with van der Waals surface area (Å²) < 4.78 is 9.77. The van der Waals surface area contributed by atoms with Crippen molar-refractivity contribution in [2.45, 2.75) is 32.8 Å². The van der Waals surface area contributed by atoms with Crippen molar-refractivity contribution in [2.75, 3.05) is 12.4 Å². The van der Waals surface area contributed by atoms with Crippen molar-refractivity contribution >= 4 is 29.6 Å². The highest BCUT2D eigenvalue weighted by atomic mass is 16.5. The molecule has 0 aliphatic heterocycles. The first-order valence-electron chi connectivity index (χ1n) is 9.28. The summed E-state index contributed by atoms with van der Waals surface area (Å²) in [6, 6.07) is 14.1. The number of methoxy groups -OCH3 is 1. The van der Waals surface area contributed by atoms with Crippen LogP contribution >= 0.6 is 0 Å². The Labute approximate surface area is 170 Å². The summed E-state index contributed by atoms with van der Waals surface area (Å²) in [6.07, 6.45) is 1.83. The molecule has 0 fully saturated rings. The largest absolute Gasteiger partial charge is 0.465 e. The molecule has 0 radical (unpaired) electrons. The number of nitrogens with one attached hydrogen (secondary N) is 1. The van der Waals surface area contributed by atoms with E-state index in [4.69, 9.17) is 4.74 Å². The monoisotopic (exact) mass is 395 g/mol. The molecule has 6 nitrogen and oxygen atoms in total. The molecule has 0 aliphatic carbocycles. The standard InChI is InChI=1S/C23H25NO5/c1-15(2)18-10-12-20(13-11-18)24-22(26)16(3)29-21(25)14-7-17-5-8-19(9-6-17)23(27)28-4/h5-16H,1-4H3,(H,24,26)/b14-7+. The van der Waals surface area contributed by atoms with Gasteiger partial charge in [-0.3, -0.25) is 4.79 Å². The molecule has 2 rings (SSSR count). The number of carbonyl (C=O) groups excluding carboxylic acids is 3. The molecule has 0 aromatic heterocycles. The summed E-state index contributed by atoms with van der Waals surface area (Å²) in [6.45, 7) is 5.70. The molecule has 0 saturated heterocycles. The first-order chi connectivity index (χ1) is 13.8. The van der Waals surface area contributed by atoms with Gasteiger partial charge in [0.2, 0.25) is 0 Å². The molecule has 29 heavy (non-hydrogen) atoms. The zero-order valence-electron chi connectivity index (χ0n) is 17.0. The Kier molecular flexibility index (Phi) is 7.71. The highest BCUT2D eigenvalue weighted by Crippen LogP contribution is 2.17. The molecule has 1 N–H and O–H groups in total. The normalized spacial score (nSPS) is 11.9. The number of rotatable bonds is 7. The highest BCUT2D eigenvalue weighted by molar-refractivity contribution is 5.96. The number of ether oxygens (including phenoxy) is 2. The average Bonchev–Trinajstić information content (AvgIpc) is 2.72. The minimum atomic E-state index is -0.946. The zero-order chi connectivity index (χ0) is 21.4. The molecule has 6 heteroatoms. The Morgan fingerprint density at radius 2 is 1.55 bits per heavy atom. The highest BCUT2D eigenvalue weighted by Gasteiger charge is 2.16. The molecular formula is C23H25NO5. The third kappa shape index (κ3) is 6.60. The van der Waals surface area contributed by atoms with Crippen LogP contribution in [0.15, 0.2) is 54.6 Å². The van der Waals surface area contributed by atoms with E-state index in [1.54, 1.807) is 30.3 Å². The molecule has 2 aromatic carbocycles. The molecule has 1 atom stereocenters. The van der Waals surface area contributed by atoms with Crippen LogP contribution in [0.3, 0.4) is 0 Å². The molecule has 0 saturated carbocycles. The van der Waals surface area contributed by atoms with Gasteiger partial charge in [0.05, 0.1) is 12.7 Å². The fourth-order valence-corrected chi connectivity index (χ4v) is 2.47. The minimum absolute atomic E-state index is 0.406. The van der Waals surface area contributed by atoms with Crippen LogP contribution in [0.5, 0.6) is 0 Å². The van der Waals surface area contributed by atoms with Crippen LogP contribution in [0.25, 0.3) is 6.08 Å². The van der Waals surface area contributed by atoms with Crippen molar-refractivity contribution in [2.24, 2.45) is 0 Å². The van der Waals surface area contributed by atoms with Gasteiger partial charge in [-0.2, -0.15) is 0 Å². The summed E-state index contributed by atoms with van der Waals surface area (Å²) in [5.74, 6) is -1.08. The fraction of sp³-hybridized carbons (Fsp3) is 0.261. The third-order valence-corrected chi connectivity index (χ3v) is 4.25. The van der Waals surface area contributed by atoms with E-state index < -0.39 is 23.9 Å². The van der Waals surface area contributed by atoms with Crippen LogP contribution in [-0.2, 0) is 19.1 Å². The first-order valence-corrected chi connectivity index (χ1v) is 9.28. The van der Waals surface area contributed by atoms with Crippen molar-refractivity contribution in [1.82, 2.24) is 0 Å². The summed E-state index contributed by atoms with van der Waals surface area (Å²) in [5, 5.41) is 2.73. The van der Waals surface area contributed by atoms with E-state index in [2.05, 4.69) is 23.9 Å². The van der Waals surface area contributed by atoms with E-state index in [9.17, 15) is 14.4 Å². The lowest BCUT2D eigenvalue weighted by Gasteiger charge is -2.13. The Bertz CT molecular complexity index is 882. The SMILES string of the molecule is COC(=O)c1ccc(/C=C/C(=O)OC(C)C(=O)Nc2ccc(C(C)C)cc2)cc1. The van der Waals surface area contributed by atoms with Gasteiger partial charge in [-0.25, -0.2) is 9.59 Å². The van der Waals surface area contributed by atoms with E-state index in [0.717, 1.165) is 0 Å². The second-order valence-electron chi connectivity index (χ2n) is 6.79.